The van der Waals surface area contributed by atoms with Gasteiger partial charge in [0.15, 0.2) is 0 Å². The third-order valence-electron chi connectivity index (χ3n) is 7.64. The van der Waals surface area contributed by atoms with Crippen LogP contribution >= 0.6 is 0 Å². The second-order valence-corrected chi connectivity index (χ2v) is 9.45. The SMILES string of the molecule is CC1(C)[C@H]2CC[C@]1(c1cncc(-c3cnc(=O)[nH]c3)n1)c1nnc(-c3c(F)cccc3F)cc12. The standard InChI is InChI=1S/C25H20F2N6O/c1-24(2)15-6-7-25(24,20-12-28-11-19(31-20)13-9-29-23(34)30-10-13)22-14(15)8-18(32-33-22)21-16(26)4-3-5-17(21)27/h3-5,8-12,15H,6-7H2,1-2H3,(H,29,30,34)/t15-,25-/m0/s1. The molecule has 9 heteroatoms. The lowest BCUT2D eigenvalue weighted by Crippen LogP contribution is -2.38. The summed E-state index contributed by atoms with van der Waals surface area (Å²) in [5.41, 5.74) is 2.47. The molecule has 4 aromatic rings. The average molecular weight is 458 g/mol. The van der Waals surface area contributed by atoms with E-state index in [2.05, 4.69) is 39.0 Å². The highest BCUT2D eigenvalue weighted by Crippen LogP contribution is 2.69. The third-order valence-corrected chi connectivity index (χ3v) is 7.64. The van der Waals surface area contributed by atoms with Gasteiger partial charge in [0.2, 0.25) is 0 Å². The normalized spacial score (nSPS) is 22.1. The first-order chi connectivity index (χ1) is 16.3. The van der Waals surface area contributed by atoms with E-state index in [-0.39, 0.29) is 22.6 Å². The van der Waals surface area contributed by atoms with Gasteiger partial charge in [0.05, 0.1) is 40.0 Å². The molecule has 1 fully saturated rings. The second kappa shape index (κ2) is 7.06. The van der Waals surface area contributed by atoms with Crippen LogP contribution in [0, 0.1) is 17.0 Å². The fourth-order valence-corrected chi connectivity index (χ4v) is 5.95. The first kappa shape index (κ1) is 20.7. The van der Waals surface area contributed by atoms with Crippen molar-refractivity contribution < 1.29 is 8.78 Å². The van der Waals surface area contributed by atoms with E-state index in [1.165, 1.54) is 24.4 Å². The molecular weight excluding hydrogens is 438 g/mol. The summed E-state index contributed by atoms with van der Waals surface area (Å²) in [7, 11) is 0. The fourth-order valence-electron chi connectivity index (χ4n) is 5.95. The van der Waals surface area contributed by atoms with Gasteiger partial charge in [-0.1, -0.05) is 19.9 Å². The molecule has 0 aliphatic heterocycles. The van der Waals surface area contributed by atoms with Crippen LogP contribution in [0.3, 0.4) is 0 Å². The summed E-state index contributed by atoms with van der Waals surface area (Å²) >= 11 is 0. The zero-order chi connectivity index (χ0) is 23.7. The molecule has 34 heavy (non-hydrogen) atoms. The summed E-state index contributed by atoms with van der Waals surface area (Å²) in [6, 6.07) is 5.55. The minimum absolute atomic E-state index is 0.131. The lowest BCUT2D eigenvalue weighted by Gasteiger charge is -2.37. The molecular formula is C25H20F2N6O. The monoisotopic (exact) mass is 458 g/mol. The number of halogens is 2. The van der Waals surface area contributed by atoms with Gasteiger partial charge in [-0.15, -0.1) is 5.10 Å². The summed E-state index contributed by atoms with van der Waals surface area (Å²) in [6.07, 6.45) is 8.08. The Morgan fingerprint density at radius 1 is 1.06 bits per heavy atom. The van der Waals surface area contributed by atoms with Crippen molar-refractivity contribution in [1.82, 2.24) is 30.1 Å². The number of H-pyrrole nitrogens is 1. The second-order valence-electron chi connectivity index (χ2n) is 9.45. The van der Waals surface area contributed by atoms with Crippen molar-refractivity contribution in [3.8, 4) is 22.5 Å². The van der Waals surface area contributed by atoms with Gasteiger partial charge in [0.1, 0.15) is 11.6 Å². The highest BCUT2D eigenvalue weighted by molar-refractivity contribution is 5.64. The summed E-state index contributed by atoms with van der Waals surface area (Å²) < 4.78 is 28.9. The molecule has 2 atom stereocenters. The molecule has 2 aliphatic rings. The Morgan fingerprint density at radius 2 is 1.85 bits per heavy atom. The van der Waals surface area contributed by atoms with Gasteiger partial charge >= 0.3 is 5.69 Å². The van der Waals surface area contributed by atoms with Gasteiger partial charge in [-0.05, 0) is 47.9 Å². The van der Waals surface area contributed by atoms with Crippen LogP contribution < -0.4 is 5.69 Å². The fraction of sp³-hybridized carbons (Fsp3) is 0.280. The largest absolute Gasteiger partial charge is 0.344 e. The Bertz CT molecular complexity index is 1480. The minimum atomic E-state index is -0.667. The van der Waals surface area contributed by atoms with Crippen LogP contribution in [0.1, 0.15) is 49.6 Å². The Balaban J connectivity index is 1.52. The summed E-state index contributed by atoms with van der Waals surface area (Å²) in [5, 5.41) is 8.81. The van der Waals surface area contributed by atoms with Crippen molar-refractivity contribution >= 4 is 0 Å². The molecule has 2 bridgehead atoms. The van der Waals surface area contributed by atoms with Crippen LogP contribution in [-0.4, -0.2) is 30.1 Å². The minimum Gasteiger partial charge on any atom is -0.312 e. The van der Waals surface area contributed by atoms with Crippen LogP contribution in [0.25, 0.3) is 22.5 Å². The summed E-state index contributed by atoms with van der Waals surface area (Å²) in [5.74, 6) is -1.20. The van der Waals surface area contributed by atoms with Gasteiger partial charge < -0.3 is 4.98 Å². The molecule has 0 spiro atoms. The van der Waals surface area contributed by atoms with Gasteiger partial charge in [0.25, 0.3) is 0 Å². The molecule has 1 N–H and O–H groups in total. The molecule has 7 nitrogen and oxygen atoms in total. The lowest BCUT2D eigenvalue weighted by atomic mass is 9.66. The number of rotatable bonds is 3. The van der Waals surface area contributed by atoms with Gasteiger partial charge in [0, 0.05) is 24.2 Å². The zero-order valence-electron chi connectivity index (χ0n) is 18.5. The van der Waals surface area contributed by atoms with Gasteiger partial charge in [-0.3, -0.25) is 4.98 Å². The van der Waals surface area contributed by atoms with E-state index in [1.54, 1.807) is 24.7 Å². The Labute approximate surface area is 193 Å². The maximum atomic E-state index is 14.4. The number of aromatic amines is 1. The van der Waals surface area contributed by atoms with Gasteiger partial charge in [-0.25, -0.2) is 23.5 Å². The number of aromatic nitrogens is 6. The van der Waals surface area contributed by atoms with Crippen molar-refractivity contribution in [3.63, 3.8) is 0 Å². The maximum absolute atomic E-state index is 14.4. The summed E-state index contributed by atoms with van der Waals surface area (Å²) in [4.78, 5) is 27.1. The number of fused-ring (bicyclic) bond motifs is 5. The molecule has 0 amide bonds. The summed E-state index contributed by atoms with van der Waals surface area (Å²) in [6.45, 7) is 4.34. The molecule has 0 saturated heterocycles. The zero-order valence-corrected chi connectivity index (χ0v) is 18.5. The van der Waals surface area contributed by atoms with Crippen LogP contribution in [0.2, 0.25) is 0 Å². The van der Waals surface area contributed by atoms with Crippen molar-refractivity contribution in [3.05, 3.63) is 88.1 Å². The predicted octanol–water partition coefficient (Wildman–Crippen LogP) is 4.17. The quantitative estimate of drug-likeness (QED) is 0.495. The number of nitrogens with zero attached hydrogens (tertiary/aromatic N) is 5. The maximum Gasteiger partial charge on any atom is 0.344 e. The lowest BCUT2D eigenvalue weighted by molar-refractivity contribution is 0.242. The van der Waals surface area contributed by atoms with Crippen molar-refractivity contribution in [2.75, 3.05) is 0 Å². The molecule has 1 saturated carbocycles. The van der Waals surface area contributed by atoms with Crippen molar-refractivity contribution in [1.29, 1.82) is 0 Å². The highest BCUT2D eigenvalue weighted by atomic mass is 19.1. The molecule has 2 aliphatic carbocycles. The average Bonchev–Trinajstić information content (AvgIpc) is 3.21. The van der Waals surface area contributed by atoms with Crippen LogP contribution in [-0.2, 0) is 5.41 Å². The molecule has 0 unspecified atom stereocenters. The first-order valence-corrected chi connectivity index (χ1v) is 11.0. The molecule has 170 valence electrons. The Kier molecular flexibility index (Phi) is 4.30. The number of hydrogen-bond donors (Lipinski definition) is 1. The Hall–Kier alpha value is -3.88. The number of nitrogens with one attached hydrogen (secondary N) is 1. The number of benzene rings is 1. The molecule has 1 aromatic carbocycles. The molecule has 3 aromatic heterocycles. The van der Waals surface area contributed by atoms with Crippen LogP contribution in [0.4, 0.5) is 8.78 Å². The topological polar surface area (TPSA) is 97.3 Å². The Morgan fingerprint density at radius 3 is 2.59 bits per heavy atom. The number of hydrogen-bond acceptors (Lipinski definition) is 6. The first-order valence-electron chi connectivity index (χ1n) is 11.0. The van der Waals surface area contributed by atoms with Gasteiger partial charge in [-0.2, -0.15) is 5.10 Å². The predicted molar refractivity (Wildman–Crippen MR) is 120 cm³/mol. The molecule has 3 heterocycles. The van der Waals surface area contributed by atoms with Crippen molar-refractivity contribution in [2.24, 2.45) is 5.41 Å². The van der Waals surface area contributed by atoms with E-state index in [4.69, 9.17) is 4.98 Å². The van der Waals surface area contributed by atoms with E-state index < -0.39 is 22.7 Å². The third kappa shape index (κ3) is 2.66. The van der Waals surface area contributed by atoms with E-state index in [9.17, 15) is 13.6 Å². The molecule has 0 radical (unpaired) electrons. The highest BCUT2D eigenvalue weighted by Gasteiger charge is 2.65. The smallest absolute Gasteiger partial charge is 0.312 e. The van der Waals surface area contributed by atoms with E-state index in [0.717, 1.165) is 29.8 Å². The van der Waals surface area contributed by atoms with E-state index in [1.807, 2.05) is 0 Å². The van der Waals surface area contributed by atoms with E-state index in [0.29, 0.717) is 11.3 Å². The van der Waals surface area contributed by atoms with Crippen LogP contribution in [0.15, 0.2) is 53.8 Å². The van der Waals surface area contributed by atoms with E-state index >= 15 is 0 Å². The molecule has 6 rings (SSSR count). The van der Waals surface area contributed by atoms with Crippen LogP contribution in [0.5, 0.6) is 0 Å². The van der Waals surface area contributed by atoms with Crippen molar-refractivity contribution in [2.45, 2.75) is 38.0 Å².